The van der Waals surface area contributed by atoms with Gasteiger partial charge >= 0.3 is 0 Å². The summed E-state index contributed by atoms with van der Waals surface area (Å²) in [7, 11) is 5.47. The summed E-state index contributed by atoms with van der Waals surface area (Å²) >= 11 is 0. The molecule has 0 aromatic heterocycles. The van der Waals surface area contributed by atoms with Gasteiger partial charge in [0, 0.05) is 20.1 Å². The molecule has 0 fully saturated rings. The molecule has 1 unspecified atom stereocenters. The largest absolute Gasteiger partial charge is 0.348 e. The number of likely N-dealkylation sites (N-methyl/N-ethyl adjacent to an activating group) is 2. The first-order valence-electron chi connectivity index (χ1n) is 4.57. The lowest BCUT2D eigenvalue weighted by Crippen LogP contribution is -2.36. The second kappa shape index (κ2) is 5.94. The molecule has 1 atom stereocenters. The zero-order valence-corrected chi connectivity index (χ0v) is 9.08. The lowest BCUT2D eigenvalue weighted by atomic mass is 10.2. The first kappa shape index (κ1) is 12.4. The van der Waals surface area contributed by atoms with Gasteiger partial charge in [0.05, 0.1) is 6.54 Å². The first-order valence-corrected chi connectivity index (χ1v) is 4.57. The summed E-state index contributed by atoms with van der Waals surface area (Å²) < 4.78 is 0. The highest BCUT2D eigenvalue weighted by atomic mass is 16.2. The van der Waals surface area contributed by atoms with E-state index >= 15 is 0 Å². The van der Waals surface area contributed by atoms with Gasteiger partial charge in [-0.15, -0.1) is 0 Å². The van der Waals surface area contributed by atoms with Gasteiger partial charge in [0.2, 0.25) is 5.91 Å². The number of amides is 1. The van der Waals surface area contributed by atoms with Gasteiger partial charge in [0.1, 0.15) is 0 Å². The Morgan fingerprint density at radius 1 is 1.38 bits per heavy atom. The molecular weight excluding hydrogens is 166 g/mol. The normalized spacial score (nSPS) is 13.1. The molecule has 0 saturated carbocycles. The summed E-state index contributed by atoms with van der Waals surface area (Å²) in [5.74, 6) is 0.132. The van der Waals surface area contributed by atoms with Crippen molar-refractivity contribution in [3.63, 3.8) is 0 Å². The summed E-state index contributed by atoms with van der Waals surface area (Å²) in [6, 6.07) is 0.205. The van der Waals surface area contributed by atoms with E-state index in [2.05, 4.69) is 0 Å². The molecule has 4 nitrogen and oxygen atoms in total. The van der Waals surface area contributed by atoms with Crippen molar-refractivity contribution in [3.8, 4) is 0 Å². The van der Waals surface area contributed by atoms with Crippen molar-refractivity contribution in [2.75, 3.05) is 34.2 Å². The van der Waals surface area contributed by atoms with Crippen LogP contribution in [-0.4, -0.2) is 56.0 Å². The average molecular weight is 187 g/mol. The van der Waals surface area contributed by atoms with Crippen molar-refractivity contribution in [2.24, 2.45) is 5.73 Å². The number of hydrogen-bond donors (Lipinski definition) is 1. The Kier molecular flexibility index (Phi) is 5.66. The summed E-state index contributed by atoms with van der Waals surface area (Å²) in [4.78, 5) is 14.8. The van der Waals surface area contributed by atoms with E-state index in [9.17, 15) is 4.79 Å². The number of carbonyl (C=O) groups is 1. The van der Waals surface area contributed by atoms with Gasteiger partial charge < -0.3 is 10.6 Å². The topological polar surface area (TPSA) is 49.6 Å². The van der Waals surface area contributed by atoms with E-state index < -0.39 is 0 Å². The number of carbonyl (C=O) groups excluding carboxylic acids is 1. The second-order valence-corrected chi connectivity index (χ2v) is 3.79. The number of nitrogens with two attached hydrogens (primary N) is 1. The summed E-state index contributed by atoms with van der Waals surface area (Å²) in [5.41, 5.74) is 5.61. The molecule has 0 radical (unpaired) electrons. The maximum atomic E-state index is 11.3. The lowest BCUT2D eigenvalue weighted by Gasteiger charge is -2.19. The third kappa shape index (κ3) is 6.54. The van der Waals surface area contributed by atoms with Gasteiger partial charge in [-0.05, 0) is 26.9 Å². The minimum absolute atomic E-state index is 0.132. The molecule has 13 heavy (non-hydrogen) atoms. The standard InChI is InChI=1S/C9H21N3O/c1-8(10)5-6-12(4)7-9(13)11(2)3/h8H,5-7,10H2,1-4H3. The zero-order chi connectivity index (χ0) is 10.4. The van der Waals surface area contributed by atoms with E-state index in [0.29, 0.717) is 6.54 Å². The fourth-order valence-electron chi connectivity index (χ4n) is 0.875. The molecule has 0 aromatic carbocycles. The second-order valence-electron chi connectivity index (χ2n) is 3.79. The van der Waals surface area contributed by atoms with Crippen LogP contribution in [0.1, 0.15) is 13.3 Å². The van der Waals surface area contributed by atoms with Gasteiger partial charge in [0.25, 0.3) is 0 Å². The first-order chi connectivity index (χ1) is 5.93. The van der Waals surface area contributed by atoms with Gasteiger partial charge in [-0.2, -0.15) is 0 Å². The Morgan fingerprint density at radius 3 is 2.31 bits per heavy atom. The van der Waals surface area contributed by atoms with Crippen LogP contribution in [0.4, 0.5) is 0 Å². The van der Waals surface area contributed by atoms with Crippen molar-refractivity contribution >= 4 is 5.91 Å². The maximum absolute atomic E-state index is 11.3. The molecule has 0 aliphatic heterocycles. The van der Waals surface area contributed by atoms with Crippen LogP contribution in [0, 0.1) is 0 Å². The van der Waals surface area contributed by atoms with Crippen LogP contribution in [0.5, 0.6) is 0 Å². The predicted molar refractivity (Wildman–Crippen MR) is 54.5 cm³/mol. The average Bonchev–Trinajstić information content (AvgIpc) is 2.00. The van der Waals surface area contributed by atoms with Crippen LogP contribution in [0.15, 0.2) is 0 Å². The van der Waals surface area contributed by atoms with E-state index in [0.717, 1.165) is 13.0 Å². The molecule has 4 heteroatoms. The van der Waals surface area contributed by atoms with E-state index in [-0.39, 0.29) is 11.9 Å². The SMILES string of the molecule is CC(N)CCN(C)CC(=O)N(C)C. The third-order valence-electron chi connectivity index (χ3n) is 1.87. The smallest absolute Gasteiger partial charge is 0.236 e. The molecule has 1 amide bonds. The summed E-state index contributed by atoms with van der Waals surface area (Å²) in [6.45, 7) is 3.32. The summed E-state index contributed by atoms with van der Waals surface area (Å²) in [6.07, 6.45) is 0.928. The molecule has 0 heterocycles. The molecule has 78 valence electrons. The van der Waals surface area contributed by atoms with Crippen molar-refractivity contribution < 1.29 is 4.79 Å². The zero-order valence-electron chi connectivity index (χ0n) is 9.08. The highest BCUT2D eigenvalue weighted by Gasteiger charge is 2.08. The molecule has 0 bridgehead atoms. The number of nitrogens with zero attached hydrogens (tertiary/aromatic N) is 2. The molecule has 0 aliphatic carbocycles. The highest BCUT2D eigenvalue weighted by molar-refractivity contribution is 5.77. The Bertz CT molecular complexity index is 157. The van der Waals surface area contributed by atoms with Gasteiger partial charge in [-0.1, -0.05) is 0 Å². The van der Waals surface area contributed by atoms with E-state index in [1.54, 1.807) is 19.0 Å². The van der Waals surface area contributed by atoms with Crippen LogP contribution in [0.25, 0.3) is 0 Å². The van der Waals surface area contributed by atoms with Crippen molar-refractivity contribution in [3.05, 3.63) is 0 Å². The van der Waals surface area contributed by atoms with Crippen LogP contribution >= 0.6 is 0 Å². The van der Waals surface area contributed by atoms with Crippen molar-refractivity contribution in [2.45, 2.75) is 19.4 Å². The molecule has 0 spiro atoms. The van der Waals surface area contributed by atoms with Crippen LogP contribution in [0.2, 0.25) is 0 Å². The fraction of sp³-hybridized carbons (Fsp3) is 0.889. The van der Waals surface area contributed by atoms with E-state index in [1.807, 2.05) is 18.9 Å². The number of hydrogen-bond acceptors (Lipinski definition) is 3. The molecule has 2 N–H and O–H groups in total. The van der Waals surface area contributed by atoms with Crippen LogP contribution in [0.3, 0.4) is 0 Å². The minimum Gasteiger partial charge on any atom is -0.348 e. The Hall–Kier alpha value is -0.610. The Labute approximate surface area is 80.7 Å². The van der Waals surface area contributed by atoms with E-state index in [1.165, 1.54) is 0 Å². The molecular formula is C9H21N3O. The fourth-order valence-corrected chi connectivity index (χ4v) is 0.875. The van der Waals surface area contributed by atoms with Gasteiger partial charge in [-0.25, -0.2) is 0 Å². The molecule has 0 aliphatic rings. The predicted octanol–water partition coefficient (Wildman–Crippen LogP) is -0.256. The third-order valence-corrected chi connectivity index (χ3v) is 1.87. The Balaban J connectivity index is 3.62. The van der Waals surface area contributed by atoms with Crippen LogP contribution < -0.4 is 5.73 Å². The molecule has 0 saturated heterocycles. The van der Waals surface area contributed by atoms with Crippen molar-refractivity contribution in [1.29, 1.82) is 0 Å². The van der Waals surface area contributed by atoms with Gasteiger partial charge in [-0.3, -0.25) is 9.69 Å². The van der Waals surface area contributed by atoms with Crippen LogP contribution in [-0.2, 0) is 4.79 Å². The maximum Gasteiger partial charge on any atom is 0.236 e. The molecule has 0 rings (SSSR count). The minimum atomic E-state index is 0.132. The van der Waals surface area contributed by atoms with Crippen molar-refractivity contribution in [1.82, 2.24) is 9.80 Å². The quantitative estimate of drug-likeness (QED) is 0.645. The van der Waals surface area contributed by atoms with Gasteiger partial charge in [0.15, 0.2) is 0 Å². The summed E-state index contributed by atoms with van der Waals surface area (Å²) in [5, 5.41) is 0. The molecule has 0 aromatic rings. The highest BCUT2D eigenvalue weighted by Crippen LogP contribution is 1.92. The van der Waals surface area contributed by atoms with E-state index in [4.69, 9.17) is 5.73 Å². The lowest BCUT2D eigenvalue weighted by molar-refractivity contribution is -0.129. The number of rotatable bonds is 5. The Morgan fingerprint density at radius 2 is 1.92 bits per heavy atom. The monoisotopic (exact) mass is 187 g/mol.